The summed E-state index contributed by atoms with van der Waals surface area (Å²) in [4.78, 5) is 6.17. The monoisotopic (exact) mass is 352 g/mol. The molecule has 1 heterocycles. The molecular formula is C22H22F2N2. The van der Waals surface area contributed by atoms with Crippen LogP contribution in [0, 0.1) is 0 Å². The second-order valence-corrected chi connectivity index (χ2v) is 6.30. The van der Waals surface area contributed by atoms with Crippen LogP contribution in [0.15, 0.2) is 91.0 Å². The smallest absolute Gasteiger partial charge is 0.307 e. The first kappa shape index (κ1) is 18.1. The fraction of sp³-hybridized carbons (Fsp3) is 0.227. The van der Waals surface area contributed by atoms with Crippen LogP contribution in [0.3, 0.4) is 0 Å². The minimum absolute atomic E-state index is 0.194. The fourth-order valence-electron chi connectivity index (χ4n) is 3.41. The quantitative estimate of drug-likeness (QED) is 0.594. The van der Waals surface area contributed by atoms with Gasteiger partial charge in [0.1, 0.15) is 6.04 Å². The molecule has 0 amide bonds. The van der Waals surface area contributed by atoms with Crippen LogP contribution in [-0.2, 0) is 0 Å². The molecule has 0 saturated heterocycles. The lowest BCUT2D eigenvalue weighted by Gasteiger charge is -2.32. The molecule has 0 bridgehead atoms. The fourth-order valence-corrected chi connectivity index (χ4v) is 3.41. The molecule has 4 heteroatoms. The first-order valence-electron chi connectivity index (χ1n) is 8.63. The Hall–Kier alpha value is -2.75. The number of rotatable bonds is 7. The lowest BCUT2D eigenvalue weighted by atomic mass is 9.93. The summed E-state index contributed by atoms with van der Waals surface area (Å²) in [6, 6.07) is 18.6. The van der Waals surface area contributed by atoms with Crippen molar-refractivity contribution in [2.24, 2.45) is 4.99 Å². The molecule has 0 fully saturated rings. The Morgan fingerprint density at radius 3 is 2.04 bits per heavy atom. The summed E-state index contributed by atoms with van der Waals surface area (Å²) in [6.07, 6.45) is 2.44. The van der Waals surface area contributed by atoms with Gasteiger partial charge in [0.2, 0.25) is 0 Å². The predicted molar refractivity (Wildman–Crippen MR) is 102 cm³/mol. The minimum atomic E-state index is -3.07. The predicted octanol–water partition coefficient (Wildman–Crippen LogP) is 5.58. The van der Waals surface area contributed by atoms with Crippen LogP contribution < -0.4 is 0 Å². The number of halogens is 2. The van der Waals surface area contributed by atoms with E-state index >= 15 is 0 Å². The second kappa shape index (κ2) is 7.65. The molecule has 0 N–H and O–H groups in total. The van der Waals surface area contributed by atoms with Crippen LogP contribution in [0.4, 0.5) is 8.78 Å². The van der Waals surface area contributed by atoms with Crippen molar-refractivity contribution in [2.75, 3.05) is 6.54 Å². The van der Waals surface area contributed by atoms with Gasteiger partial charge < -0.3 is 4.90 Å². The molecule has 134 valence electrons. The van der Waals surface area contributed by atoms with Crippen molar-refractivity contribution in [1.82, 2.24) is 4.90 Å². The van der Waals surface area contributed by atoms with E-state index in [1.54, 1.807) is 11.0 Å². The van der Waals surface area contributed by atoms with Gasteiger partial charge in [-0.1, -0.05) is 72.8 Å². The van der Waals surface area contributed by atoms with Crippen LogP contribution in [0.1, 0.15) is 29.6 Å². The Kier molecular flexibility index (Phi) is 5.31. The average Bonchev–Trinajstić information content (AvgIpc) is 3.04. The lowest BCUT2D eigenvalue weighted by molar-refractivity contribution is 0.0664. The van der Waals surface area contributed by atoms with E-state index in [2.05, 4.69) is 18.2 Å². The molecule has 2 nitrogen and oxygen atoms in total. The van der Waals surface area contributed by atoms with Gasteiger partial charge in [0, 0.05) is 13.0 Å². The van der Waals surface area contributed by atoms with Gasteiger partial charge in [-0.25, -0.2) is 0 Å². The zero-order chi connectivity index (χ0) is 18.6. The van der Waals surface area contributed by atoms with E-state index in [1.807, 2.05) is 60.7 Å². The van der Waals surface area contributed by atoms with Gasteiger partial charge in [-0.15, -0.1) is 13.2 Å². The third-order valence-corrected chi connectivity index (χ3v) is 4.50. The van der Waals surface area contributed by atoms with E-state index in [9.17, 15) is 8.78 Å². The van der Waals surface area contributed by atoms with Crippen molar-refractivity contribution >= 4 is 5.84 Å². The Morgan fingerprint density at radius 2 is 1.50 bits per heavy atom. The third-order valence-electron chi connectivity index (χ3n) is 4.50. The SMILES string of the molecule is C=CCN1C(C(F)(F)CC=C)=N[C@H](c2ccccc2)[C@H]1c1ccccc1. The molecule has 2 aromatic rings. The number of allylic oxidation sites excluding steroid dienone is 1. The number of amidine groups is 1. The van der Waals surface area contributed by atoms with Crippen LogP contribution in [0.25, 0.3) is 0 Å². The second-order valence-electron chi connectivity index (χ2n) is 6.30. The van der Waals surface area contributed by atoms with Crippen molar-refractivity contribution in [3.63, 3.8) is 0 Å². The number of alkyl halides is 2. The number of benzene rings is 2. The van der Waals surface area contributed by atoms with Crippen molar-refractivity contribution < 1.29 is 8.78 Å². The zero-order valence-corrected chi connectivity index (χ0v) is 14.6. The molecule has 26 heavy (non-hydrogen) atoms. The van der Waals surface area contributed by atoms with Gasteiger partial charge in [-0.2, -0.15) is 8.78 Å². The molecule has 1 aliphatic heterocycles. The number of hydrogen-bond acceptors (Lipinski definition) is 2. The minimum Gasteiger partial charge on any atom is -0.342 e. The molecule has 1 aliphatic rings. The summed E-state index contributed by atoms with van der Waals surface area (Å²) < 4.78 is 29.6. The lowest BCUT2D eigenvalue weighted by Crippen LogP contribution is -2.42. The highest BCUT2D eigenvalue weighted by Gasteiger charge is 2.47. The standard InChI is InChI=1S/C22H22F2N2/c1-3-15-22(23,24)21-25-19(17-11-7-5-8-12-17)20(26(21)16-4-2)18-13-9-6-10-14-18/h3-14,19-20H,1-2,15-16H2/t19-,20-/m1/s1. The van der Waals surface area contributed by atoms with Crippen molar-refractivity contribution in [2.45, 2.75) is 24.4 Å². The van der Waals surface area contributed by atoms with Gasteiger partial charge in [0.05, 0.1) is 6.04 Å². The normalized spacial score (nSPS) is 19.9. The highest BCUT2D eigenvalue weighted by molar-refractivity contribution is 5.91. The molecule has 0 unspecified atom stereocenters. The summed E-state index contributed by atoms with van der Waals surface area (Å²) in [6.45, 7) is 7.52. The highest BCUT2D eigenvalue weighted by Crippen LogP contribution is 2.45. The van der Waals surface area contributed by atoms with Crippen molar-refractivity contribution in [3.8, 4) is 0 Å². The van der Waals surface area contributed by atoms with E-state index in [4.69, 9.17) is 0 Å². The Balaban J connectivity index is 2.12. The van der Waals surface area contributed by atoms with E-state index in [0.717, 1.165) is 11.1 Å². The number of hydrogen-bond donors (Lipinski definition) is 0. The number of nitrogens with zero attached hydrogens (tertiary/aromatic N) is 2. The summed E-state index contributed by atoms with van der Waals surface area (Å²) in [7, 11) is 0. The Bertz CT molecular complexity index is 784. The van der Waals surface area contributed by atoms with E-state index < -0.39 is 18.4 Å². The third kappa shape index (κ3) is 3.45. The van der Waals surface area contributed by atoms with E-state index in [-0.39, 0.29) is 11.9 Å². The molecule has 0 spiro atoms. The van der Waals surface area contributed by atoms with Crippen LogP contribution in [0.5, 0.6) is 0 Å². The van der Waals surface area contributed by atoms with Gasteiger partial charge in [-0.3, -0.25) is 4.99 Å². The Labute approximate surface area is 153 Å². The van der Waals surface area contributed by atoms with Crippen LogP contribution >= 0.6 is 0 Å². The maximum Gasteiger partial charge on any atom is 0.307 e. The highest BCUT2D eigenvalue weighted by atomic mass is 19.3. The van der Waals surface area contributed by atoms with Gasteiger partial charge in [0.25, 0.3) is 0 Å². The van der Waals surface area contributed by atoms with Crippen molar-refractivity contribution in [3.05, 3.63) is 97.1 Å². The average molecular weight is 352 g/mol. The molecule has 0 radical (unpaired) electrons. The summed E-state index contributed by atoms with van der Waals surface area (Å²) in [5, 5.41) is 0. The first-order chi connectivity index (χ1) is 12.6. The molecule has 0 aromatic heterocycles. The first-order valence-corrected chi connectivity index (χ1v) is 8.63. The van der Waals surface area contributed by atoms with E-state index in [1.165, 1.54) is 6.08 Å². The van der Waals surface area contributed by atoms with Crippen molar-refractivity contribution in [1.29, 1.82) is 0 Å². The van der Waals surface area contributed by atoms with Crippen LogP contribution in [-0.4, -0.2) is 23.2 Å². The maximum atomic E-state index is 14.8. The molecule has 2 aromatic carbocycles. The van der Waals surface area contributed by atoms with Gasteiger partial charge in [-0.05, 0) is 11.1 Å². The van der Waals surface area contributed by atoms with E-state index in [0.29, 0.717) is 6.54 Å². The molecule has 3 rings (SSSR count). The van der Waals surface area contributed by atoms with Gasteiger partial charge in [0.15, 0.2) is 5.84 Å². The van der Waals surface area contributed by atoms with Crippen LogP contribution in [0.2, 0.25) is 0 Å². The molecule has 0 saturated carbocycles. The summed E-state index contributed by atoms with van der Waals surface area (Å²) in [5.74, 6) is -3.26. The van der Waals surface area contributed by atoms with Gasteiger partial charge >= 0.3 is 5.92 Å². The summed E-state index contributed by atoms with van der Waals surface area (Å²) in [5.41, 5.74) is 1.87. The summed E-state index contributed by atoms with van der Waals surface area (Å²) >= 11 is 0. The molecule has 2 atom stereocenters. The zero-order valence-electron chi connectivity index (χ0n) is 14.6. The topological polar surface area (TPSA) is 15.6 Å². The maximum absolute atomic E-state index is 14.8. The number of aliphatic imine (C=N–C) groups is 1. The largest absolute Gasteiger partial charge is 0.342 e. The molecule has 0 aliphatic carbocycles. The Morgan fingerprint density at radius 1 is 0.923 bits per heavy atom. The molecular weight excluding hydrogens is 330 g/mol.